The minimum Gasteiger partial charge on any atom is -0.480 e. The van der Waals surface area contributed by atoms with Gasteiger partial charge in [0.2, 0.25) is 0 Å². The van der Waals surface area contributed by atoms with Crippen LogP contribution in [-0.4, -0.2) is 47.3 Å². The van der Waals surface area contributed by atoms with Gasteiger partial charge in [-0.05, 0) is 35.9 Å². The summed E-state index contributed by atoms with van der Waals surface area (Å²) in [4.78, 5) is 29.4. The molecule has 1 fully saturated rings. The van der Waals surface area contributed by atoms with Gasteiger partial charge >= 0.3 is 5.97 Å². The van der Waals surface area contributed by atoms with Crippen molar-refractivity contribution in [1.82, 2.24) is 10.3 Å². The highest BCUT2D eigenvalue weighted by Crippen LogP contribution is 2.35. The van der Waals surface area contributed by atoms with Crippen molar-refractivity contribution in [2.45, 2.75) is 18.5 Å². The zero-order valence-corrected chi connectivity index (χ0v) is 21.5. The second-order valence-electron chi connectivity index (χ2n) is 9.24. The normalized spacial score (nSPS) is 13.8. The van der Waals surface area contributed by atoms with Gasteiger partial charge in [0.05, 0.1) is 36.4 Å². The fourth-order valence-corrected chi connectivity index (χ4v) is 4.79. The van der Waals surface area contributed by atoms with Crippen LogP contribution in [-0.2, 0) is 16.0 Å². The van der Waals surface area contributed by atoms with E-state index in [-0.39, 0.29) is 18.2 Å². The van der Waals surface area contributed by atoms with Crippen LogP contribution in [0.15, 0.2) is 60.8 Å². The first kappa shape index (κ1) is 27.0. The largest absolute Gasteiger partial charge is 0.480 e. The predicted octanol–water partition coefficient (Wildman–Crippen LogP) is 4.94. The molecule has 0 aliphatic carbocycles. The molecular formula is C29H21ClF2N4O4. The summed E-state index contributed by atoms with van der Waals surface area (Å²) in [6, 6.07) is 14.1. The van der Waals surface area contributed by atoms with Gasteiger partial charge in [-0.15, -0.1) is 0 Å². The van der Waals surface area contributed by atoms with E-state index >= 15 is 0 Å². The summed E-state index contributed by atoms with van der Waals surface area (Å²) in [6.07, 6.45) is 1.39. The number of carbonyl (C=O) groups is 2. The highest BCUT2D eigenvalue weighted by molar-refractivity contribution is 6.33. The Labute approximate surface area is 232 Å². The molecule has 0 radical (unpaired) electrons. The van der Waals surface area contributed by atoms with Crippen LogP contribution in [0, 0.1) is 23.0 Å². The number of halogens is 3. The van der Waals surface area contributed by atoms with Gasteiger partial charge in [-0.1, -0.05) is 35.9 Å². The fraction of sp³-hybridized carbons (Fsp3) is 0.172. The van der Waals surface area contributed by atoms with Gasteiger partial charge in [0.25, 0.3) is 5.91 Å². The Morgan fingerprint density at radius 2 is 1.85 bits per heavy atom. The first-order chi connectivity index (χ1) is 19.2. The molecule has 202 valence electrons. The average Bonchev–Trinajstić information content (AvgIpc) is 2.90. The molecular weight excluding hydrogens is 542 g/mol. The molecule has 1 aliphatic heterocycles. The van der Waals surface area contributed by atoms with E-state index in [9.17, 15) is 23.5 Å². The number of carboxylic acid groups (broad SMARTS) is 1. The quantitative estimate of drug-likeness (QED) is 0.278. The highest BCUT2D eigenvalue weighted by Gasteiger charge is 2.27. The number of benzene rings is 3. The van der Waals surface area contributed by atoms with Crippen LogP contribution in [0.2, 0.25) is 5.02 Å². The van der Waals surface area contributed by atoms with Gasteiger partial charge in [0.15, 0.2) is 0 Å². The van der Waals surface area contributed by atoms with Crippen molar-refractivity contribution < 1.29 is 28.2 Å². The molecule has 4 aromatic rings. The van der Waals surface area contributed by atoms with E-state index in [4.69, 9.17) is 21.6 Å². The van der Waals surface area contributed by atoms with E-state index in [0.29, 0.717) is 51.4 Å². The van der Waals surface area contributed by atoms with Crippen LogP contribution in [0.3, 0.4) is 0 Å². The Morgan fingerprint density at radius 1 is 1.12 bits per heavy atom. The zero-order chi connectivity index (χ0) is 28.4. The number of nitrogens with zero attached hydrogens (tertiary/aromatic N) is 2. The molecule has 0 unspecified atom stereocenters. The van der Waals surface area contributed by atoms with Crippen LogP contribution >= 0.6 is 11.6 Å². The van der Waals surface area contributed by atoms with Crippen molar-refractivity contribution in [2.24, 2.45) is 0 Å². The van der Waals surface area contributed by atoms with Gasteiger partial charge in [-0.25, -0.2) is 13.6 Å². The van der Waals surface area contributed by atoms with Crippen molar-refractivity contribution >= 4 is 40.1 Å². The number of ether oxygens (including phenoxy) is 1. The summed E-state index contributed by atoms with van der Waals surface area (Å²) in [5.74, 6) is -4.82. The monoisotopic (exact) mass is 562 g/mol. The van der Waals surface area contributed by atoms with Gasteiger partial charge in [0, 0.05) is 39.8 Å². The molecule has 3 aromatic carbocycles. The summed E-state index contributed by atoms with van der Waals surface area (Å²) in [7, 11) is 0. The number of hydrogen-bond donors (Lipinski definition) is 3. The third kappa shape index (κ3) is 5.43. The fourth-order valence-electron chi connectivity index (χ4n) is 4.51. The lowest BCUT2D eigenvalue weighted by atomic mass is 9.94. The second kappa shape index (κ2) is 11.3. The van der Waals surface area contributed by atoms with Crippen LogP contribution in [0.1, 0.15) is 21.5 Å². The summed E-state index contributed by atoms with van der Waals surface area (Å²) >= 11 is 6.42. The lowest BCUT2D eigenvalue weighted by Gasteiger charge is -2.28. The number of carboxylic acids is 1. The topological polar surface area (TPSA) is 124 Å². The third-order valence-electron chi connectivity index (χ3n) is 6.55. The lowest BCUT2D eigenvalue weighted by Crippen LogP contribution is -2.43. The number of fused-ring (bicyclic) bond motifs is 1. The summed E-state index contributed by atoms with van der Waals surface area (Å²) in [5.41, 5.74) is 2.03. The minimum atomic E-state index is -1.50. The number of nitrogens with one attached hydrogen (secondary N) is 2. The van der Waals surface area contributed by atoms with Crippen LogP contribution in [0.25, 0.3) is 22.0 Å². The lowest BCUT2D eigenvalue weighted by molar-refractivity contribution is -0.139. The number of anilines is 1. The smallest absolute Gasteiger partial charge is 0.326 e. The van der Waals surface area contributed by atoms with Crippen molar-refractivity contribution in [3.8, 4) is 17.2 Å². The van der Waals surface area contributed by atoms with E-state index < -0.39 is 35.1 Å². The maximum Gasteiger partial charge on any atom is 0.326 e. The van der Waals surface area contributed by atoms with Gasteiger partial charge < -0.3 is 20.5 Å². The number of amides is 1. The van der Waals surface area contributed by atoms with Crippen LogP contribution in [0.5, 0.6) is 0 Å². The third-order valence-corrected chi connectivity index (χ3v) is 6.87. The number of aliphatic carboxylic acids is 1. The molecule has 0 bridgehead atoms. The number of carbonyl (C=O) groups excluding carboxylic acids is 1. The van der Waals surface area contributed by atoms with Gasteiger partial charge in [0.1, 0.15) is 23.2 Å². The van der Waals surface area contributed by atoms with Crippen molar-refractivity contribution in [3.05, 3.63) is 94.1 Å². The molecule has 1 aromatic heterocycles. The first-order valence-electron chi connectivity index (χ1n) is 12.2. The molecule has 0 spiro atoms. The van der Waals surface area contributed by atoms with Crippen LogP contribution in [0.4, 0.5) is 14.5 Å². The van der Waals surface area contributed by atoms with Gasteiger partial charge in [-0.2, -0.15) is 5.26 Å². The van der Waals surface area contributed by atoms with E-state index in [2.05, 4.69) is 15.6 Å². The number of rotatable bonds is 8. The molecule has 1 amide bonds. The second-order valence-corrected chi connectivity index (χ2v) is 9.65. The van der Waals surface area contributed by atoms with E-state index in [1.807, 2.05) is 6.07 Å². The molecule has 1 saturated heterocycles. The molecule has 8 nitrogen and oxygen atoms in total. The SMILES string of the molecule is N#Cc1ccc(-c2ccc(C[C@H](NC(=O)c3c(F)cc(NC4COC4)cc3F)C(=O)O)c3cccnc23)c(Cl)c1. The first-order valence-corrected chi connectivity index (χ1v) is 12.6. The molecule has 3 N–H and O–H groups in total. The van der Waals surface area contributed by atoms with Gasteiger partial charge in [-0.3, -0.25) is 9.78 Å². The summed E-state index contributed by atoms with van der Waals surface area (Å²) in [5, 5.41) is 25.1. The maximum absolute atomic E-state index is 14.8. The number of hydrogen-bond acceptors (Lipinski definition) is 6. The number of aromatic nitrogens is 1. The van der Waals surface area contributed by atoms with Crippen LogP contribution < -0.4 is 10.6 Å². The Morgan fingerprint density at radius 3 is 2.48 bits per heavy atom. The Balaban J connectivity index is 1.42. The van der Waals surface area contributed by atoms with Crippen molar-refractivity contribution in [2.75, 3.05) is 18.5 Å². The Hall–Kier alpha value is -4.59. The van der Waals surface area contributed by atoms with E-state index in [0.717, 1.165) is 12.1 Å². The Bertz CT molecular complexity index is 1660. The molecule has 11 heteroatoms. The average molecular weight is 563 g/mol. The standard InChI is InChI=1S/C29H21ClF2N4O4/c30-22-8-15(12-33)3-5-20(22)21-6-4-16(19-2-1-7-34-27(19)21)9-25(29(38)39)36-28(37)26-23(31)10-17(11-24(26)32)35-18-13-40-14-18/h1-8,10-11,18,25,35H,9,13-14H2,(H,36,37)(H,38,39)/t25-/m0/s1. The molecule has 1 aliphatic rings. The van der Waals surface area contributed by atoms with E-state index in [1.165, 1.54) is 6.07 Å². The zero-order valence-electron chi connectivity index (χ0n) is 20.7. The maximum atomic E-state index is 14.8. The molecule has 5 rings (SSSR count). The minimum absolute atomic E-state index is 0.0847. The molecule has 0 saturated carbocycles. The highest BCUT2D eigenvalue weighted by atomic mass is 35.5. The molecule has 1 atom stereocenters. The number of pyridine rings is 1. The summed E-state index contributed by atoms with van der Waals surface area (Å²) < 4.78 is 34.5. The Kier molecular flexibility index (Phi) is 7.60. The number of nitriles is 1. The predicted molar refractivity (Wildman–Crippen MR) is 144 cm³/mol. The molecule has 2 heterocycles. The molecule has 40 heavy (non-hydrogen) atoms. The van der Waals surface area contributed by atoms with E-state index in [1.54, 1.807) is 42.6 Å². The summed E-state index contributed by atoms with van der Waals surface area (Å²) in [6.45, 7) is 0.801. The van der Waals surface area contributed by atoms with Crippen molar-refractivity contribution in [3.63, 3.8) is 0 Å². The van der Waals surface area contributed by atoms with Crippen molar-refractivity contribution in [1.29, 1.82) is 5.26 Å².